The van der Waals surface area contributed by atoms with E-state index in [1.54, 1.807) is 0 Å². The van der Waals surface area contributed by atoms with Crippen molar-refractivity contribution in [2.45, 2.75) is 284 Å². The lowest BCUT2D eigenvalue weighted by Gasteiger charge is -2.18. The summed E-state index contributed by atoms with van der Waals surface area (Å²) in [5.41, 5.74) is 0. The van der Waals surface area contributed by atoms with Crippen LogP contribution in [0.15, 0.2) is 109 Å². The molecule has 0 heterocycles. The van der Waals surface area contributed by atoms with Gasteiger partial charge in [0.15, 0.2) is 6.10 Å². The first-order valence-corrected chi connectivity index (χ1v) is 30.4. The van der Waals surface area contributed by atoms with E-state index in [0.29, 0.717) is 19.3 Å². The summed E-state index contributed by atoms with van der Waals surface area (Å²) < 4.78 is 16.7. The summed E-state index contributed by atoms with van der Waals surface area (Å²) in [5.74, 6) is -0.896. The van der Waals surface area contributed by atoms with Gasteiger partial charge in [-0.1, -0.05) is 278 Å². The van der Waals surface area contributed by atoms with Crippen molar-refractivity contribution < 1.29 is 28.6 Å². The molecule has 0 radical (unpaired) electrons. The molecule has 0 rings (SSSR count). The molecule has 0 aliphatic carbocycles. The Morgan fingerprint density at radius 2 is 0.534 bits per heavy atom. The van der Waals surface area contributed by atoms with Crippen molar-refractivity contribution >= 4 is 17.9 Å². The molecule has 0 aliphatic heterocycles. The lowest BCUT2D eigenvalue weighted by molar-refractivity contribution is -0.167. The van der Waals surface area contributed by atoms with Gasteiger partial charge in [0.25, 0.3) is 0 Å². The van der Waals surface area contributed by atoms with Crippen LogP contribution in [0.1, 0.15) is 278 Å². The lowest BCUT2D eigenvalue weighted by atomic mass is 10.0. The number of hydrogen-bond acceptors (Lipinski definition) is 6. The molecule has 73 heavy (non-hydrogen) atoms. The zero-order valence-electron chi connectivity index (χ0n) is 47.6. The first kappa shape index (κ1) is 69.1. The molecule has 0 fully saturated rings. The average Bonchev–Trinajstić information content (AvgIpc) is 3.39. The highest BCUT2D eigenvalue weighted by molar-refractivity contribution is 5.71. The summed E-state index contributed by atoms with van der Waals surface area (Å²) in [6.45, 7) is 6.46. The van der Waals surface area contributed by atoms with Crippen LogP contribution < -0.4 is 0 Å². The number of esters is 3. The van der Waals surface area contributed by atoms with Gasteiger partial charge in [-0.05, 0) is 89.9 Å². The van der Waals surface area contributed by atoms with Crippen LogP contribution in [0.25, 0.3) is 0 Å². The molecule has 0 bridgehead atoms. The maximum absolute atomic E-state index is 12.8. The Hall–Kier alpha value is -3.93. The number of unbranched alkanes of at least 4 members (excludes halogenated alkanes) is 25. The molecule has 0 saturated carbocycles. The summed E-state index contributed by atoms with van der Waals surface area (Å²) in [7, 11) is 0. The third-order valence-corrected chi connectivity index (χ3v) is 12.8. The SMILES string of the molecule is CC/C=C\C/C=C\C/C=C\C/C=C\C/C=C\C/C=C\C/C=C\C/C=C\C/C=C\CCCCCCCCCC(=O)OCC(COC(=O)CCCCCCCC)OC(=O)CCCCCCCCCCCCCCCC. The van der Waals surface area contributed by atoms with Crippen LogP contribution in [0.4, 0.5) is 0 Å². The van der Waals surface area contributed by atoms with Crippen LogP contribution in [-0.2, 0) is 28.6 Å². The highest BCUT2D eigenvalue weighted by Gasteiger charge is 2.19. The average molecular weight is 1010 g/mol. The highest BCUT2D eigenvalue weighted by atomic mass is 16.6. The Kier molecular flexibility index (Phi) is 57.4. The monoisotopic (exact) mass is 1010 g/mol. The van der Waals surface area contributed by atoms with Gasteiger partial charge < -0.3 is 14.2 Å². The normalized spacial score (nSPS) is 12.9. The second-order valence-electron chi connectivity index (χ2n) is 19.9. The molecule has 0 saturated heterocycles. The maximum atomic E-state index is 12.8. The number of hydrogen-bond donors (Lipinski definition) is 0. The Balaban J connectivity index is 4.09. The van der Waals surface area contributed by atoms with E-state index in [1.165, 1.54) is 116 Å². The number of carbonyl (C=O) groups excluding carboxylic acids is 3. The third kappa shape index (κ3) is 58.8. The van der Waals surface area contributed by atoms with Crippen LogP contribution in [0, 0.1) is 0 Å². The highest BCUT2D eigenvalue weighted by Crippen LogP contribution is 2.15. The molecule has 6 heteroatoms. The summed E-state index contributed by atoms with van der Waals surface area (Å²) in [6, 6.07) is 0. The zero-order chi connectivity index (χ0) is 52.9. The molecule has 0 aromatic rings. The molecule has 0 aromatic carbocycles. The fraction of sp³-hybridized carbons (Fsp3) is 0.687. The van der Waals surface area contributed by atoms with E-state index in [4.69, 9.17) is 14.2 Å². The van der Waals surface area contributed by atoms with Crippen LogP contribution in [-0.4, -0.2) is 37.2 Å². The Bertz CT molecular complexity index is 1490. The van der Waals surface area contributed by atoms with Crippen LogP contribution in [0.2, 0.25) is 0 Å². The molecule has 0 amide bonds. The number of ether oxygens (including phenoxy) is 3. The molecule has 1 atom stereocenters. The zero-order valence-corrected chi connectivity index (χ0v) is 47.6. The fourth-order valence-electron chi connectivity index (χ4n) is 8.26. The molecule has 0 aliphatic rings. The molecule has 0 aromatic heterocycles. The molecular formula is C67H112O6. The number of allylic oxidation sites excluding steroid dienone is 18. The van der Waals surface area contributed by atoms with E-state index in [9.17, 15) is 14.4 Å². The van der Waals surface area contributed by atoms with Crippen molar-refractivity contribution in [1.29, 1.82) is 0 Å². The number of carbonyl (C=O) groups is 3. The van der Waals surface area contributed by atoms with Gasteiger partial charge in [0.1, 0.15) is 13.2 Å². The standard InChI is InChI=1S/C67H112O6/c1-4-7-10-13-16-18-20-22-24-25-26-27-28-29-30-31-32-33-34-35-36-37-38-39-40-41-42-43-44-46-47-49-51-54-57-60-66(69)72-63-64(62-71-65(68)59-56-53-15-12-9-6-3)73-67(70)61-58-55-52-50-48-45-23-21-19-17-14-11-8-5-2/h7,10,16,18,22,24,26-27,29-30,32-33,35-36,38-39,41-42,64H,4-6,8-9,11-15,17,19-21,23,25,28,31,34,37,40,43-63H2,1-3H3/b10-7-,18-16-,24-22-,27-26-,30-29-,33-32-,36-35-,39-38-,42-41-. The van der Waals surface area contributed by atoms with Gasteiger partial charge in [-0.25, -0.2) is 0 Å². The second kappa shape index (κ2) is 60.6. The molecule has 0 N–H and O–H groups in total. The number of rotatable bonds is 54. The van der Waals surface area contributed by atoms with Crippen LogP contribution in [0.5, 0.6) is 0 Å². The Morgan fingerprint density at radius 1 is 0.288 bits per heavy atom. The molecule has 0 spiro atoms. The second-order valence-corrected chi connectivity index (χ2v) is 19.9. The smallest absolute Gasteiger partial charge is 0.306 e. The third-order valence-electron chi connectivity index (χ3n) is 12.8. The Labute approximate surface area is 450 Å². The van der Waals surface area contributed by atoms with Gasteiger partial charge in [-0.2, -0.15) is 0 Å². The molecule has 416 valence electrons. The van der Waals surface area contributed by atoms with Gasteiger partial charge in [0.2, 0.25) is 0 Å². The largest absolute Gasteiger partial charge is 0.462 e. The quantitative estimate of drug-likeness (QED) is 0.0261. The maximum Gasteiger partial charge on any atom is 0.306 e. The van der Waals surface area contributed by atoms with E-state index in [2.05, 4.69) is 130 Å². The Morgan fingerprint density at radius 3 is 0.836 bits per heavy atom. The predicted octanol–water partition coefficient (Wildman–Crippen LogP) is 20.7. The van der Waals surface area contributed by atoms with Crippen LogP contribution in [0.3, 0.4) is 0 Å². The van der Waals surface area contributed by atoms with Gasteiger partial charge >= 0.3 is 17.9 Å². The summed E-state index contributed by atoms with van der Waals surface area (Å²) in [5, 5.41) is 0. The van der Waals surface area contributed by atoms with Crippen molar-refractivity contribution in [2.75, 3.05) is 13.2 Å². The minimum Gasteiger partial charge on any atom is -0.462 e. The summed E-state index contributed by atoms with van der Waals surface area (Å²) >= 11 is 0. The fourth-order valence-corrected chi connectivity index (χ4v) is 8.26. The van der Waals surface area contributed by atoms with Gasteiger partial charge in [-0.3, -0.25) is 14.4 Å². The van der Waals surface area contributed by atoms with Crippen molar-refractivity contribution in [3.05, 3.63) is 109 Å². The summed E-state index contributed by atoms with van der Waals surface area (Å²) in [4.78, 5) is 37.9. The minimum atomic E-state index is -0.777. The topological polar surface area (TPSA) is 78.9 Å². The molecule has 1 unspecified atom stereocenters. The minimum absolute atomic E-state index is 0.0790. The van der Waals surface area contributed by atoms with Crippen molar-refractivity contribution in [3.63, 3.8) is 0 Å². The van der Waals surface area contributed by atoms with E-state index in [0.717, 1.165) is 122 Å². The van der Waals surface area contributed by atoms with Crippen LogP contribution >= 0.6 is 0 Å². The first-order valence-electron chi connectivity index (χ1n) is 30.4. The van der Waals surface area contributed by atoms with Crippen molar-refractivity contribution in [1.82, 2.24) is 0 Å². The van der Waals surface area contributed by atoms with Gasteiger partial charge in [0, 0.05) is 19.3 Å². The first-order chi connectivity index (χ1) is 36.0. The van der Waals surface area contributed by atoms with E-state index < -0.39 is 6.10 Å². The van der Waals surface area contributed by atoms with Gasteiger partial charge in [-0.15, -0.1) is 0 Å². The predicted molar refractivity (Wildman–Crippen MR) is 316 cm³/mol. The van der Waals surface area contributed by atoms with Crippen molar-refractivity contribution in [2.24, 2.45) is 0 Å². The lowest BCUT2D eigenvalue weighted by Crippen LogP contribution is -2.30. The van der Waals surface area contributed by atoms with E-state index >= 15 is 0 Å². The van der Waals surface area contributed by atoms with E-state index in [-0.39, 0.29) is 31.1 Å². The molecule has 6 nitrogen and oxygen atoms in total. The van der Waals surface area contributed by atoms with E-state index in [1.807, 2.05) is 0 Å². The molecular weight excluding hydrogens is 901 g/mol. The summed E-state index contributed by atoms with van der Waals surface area (Å²) in [6.07, 6.45) is 82.7. The van der Waals surface area contributed by atoms with Gasteiger partial charge in [0.05, 0.1) is 0 Å². The van der Waals surface area contributed by atoms with Crippen molar-refractivity contribution in [3.8, 4) is 0 Å².